The molecule has 0 saturated carbocycles. The normalized spacial score (nSPS) is 22.2. The van der Waals surface area contributed by atoms with E-state index in [9.17, 15) is 0 Å². The summed E-state index contributed by atoms with van der Waals surface area (Å²) in [6.07, 6.45) is 5.51. The molecule has 3 aliphatic rings. The Balaban J connectivity index is 0.000000126. The molecule has 2 aromatic carbocycles. The zero-order valence-electron chi connectivity index (χ0n) is 11.9. The van der Waals surface area contributed by atoms with Crippen molar-refractivity contribution in [2.24, 2.45) is 0 Å². The minimum absolute atomic E-state index is 0. The van der Waals surface area contributed by atoms with E-state index in [0.29, 0.717) is 12.7 Å². The Labute approximate surface area is 140 Å². The van der Waals surface area contributed by atoms with Gasteiger partial charge < -0.3 is 14.2 Å². The van der Waals surface area contributed by atoms with Crippen molar-refractivity contribution in [1.82, 2.24) is 0 Å². The monoisotopic (exact) mass is 339 g/mol. The summed E-state index contributed by atoms with van der Waals surface area (Å²) in [6, 6.07) is 16.1. The zero-order valence-corrected chi connectivity index (χ0v) is 12.9. The summed E-state index contributed by atoms with van der Waals surface area (Å²) in [5.41, 5.74) is 2.44. The van der Waals surface area contributed by atoms with Gasteiger partial charge in [-0.2, -0.15) is 0 Å². The Kier molecular flexibility index (Phi) is 4.52. The molecule has 1 radical (unpaired) electrons. The molecule has 0 aliphatic carbocycles. The van der Waals surface area contributed by atoms with Gasteiger partial charge in [-0.05, 0) is 23.8 Å². The maximum Gasteiger partial charge on any atom is 0.227 e. The van der Waals surface area contributed by atoms with E-state index in [2.05, 4.69) is 12.1 Å². The van der Waals surface area contributed by atoms with Crippen LogP contribution < -0.4 is 9.47 Å². The molecule has 2 unspecified atom stereocenters. The molecule has 3 nitrogen and oxygen atoms in total. The molecule has 1 saturated heterocycles. The third-order valence-corrected chi connectivity index (χ3v) is 3.72. The second-order valence-corrected chi connectivity index (χ2v) is 5.22. The average molecular weight is 339 g/mol. The van der Waals surface area contributed by atoms with Crippen molar-refractivity contribution >= 4 is 6.08 Å². The van der Waals surface area contributed by atoms with Gasteiger partial charge in [0.05, 0.1) is 0 Å². The van der Waals surface area contributed by atoms with Crippen LogP contribution in [0, 0.1) is 0 Å². The predicted molar refractivity (Wildman–Crippen MR) is 80.4 cm³/mol. The first-order valence-electron chi connectivity index (χ1n) is 7.18. The zero-order chi connectivity index (χ0) is 14.1. The maximum absolute atomic E-state index is 5.48. The topological polar surface area (TPSA) is 31.0 Å². The molecule has 0 amide bonds. The number of para-hydroxylation sites is 2. The van der Waals surface area contributed by atoms with Gasteiger partial charge in [0.1, 0.15) is 24.2 Å². The van der Waals surface area contributed by atoms with Crippen molar-refractivity contribution in [2.75, 3.05) is 6.61 Å². The van der Waals surface area contributed by atoms with Gasteiger partial charge in [-0.3, -0.25) is 0 Å². The summed E-state index contributed by atoms with van der Waals surface area (Å²) < 4.78 is 16.1. The number of ether oxygens (including phenoxy) is 3. The van der Waals surface area contributed by atoms with Crippen LogP contribution in [0.25, 0.3) is 6.08 Å². The molecule has 2 atom stereocenters. The quantitative estimate of drug-likeness (QED) is 0.689. The van der Waals surface area contributed by atoms with Gasteiger partial charge in [0.15, 0.2) is 0 Å². The van der Waals surface area contributed by atoms with Crippen LogP contribution in [-0.4, -0.2) is 19.0 Å². The van der Waals surface area contributed by atoms with Crippen LogP contribution in [0.4, 0.5) is 0 Å². The first kappa shape index (κ1) is 15.2. The van der Waals surface area contributed by atoms with Crippen LogP contribution in [0.1, 0.15) is 11.1 Å². The standard InChI is InChI=1S/C9H8O2.C9H8O.Co/c1-2-4-7-6(3-1)5-8-9(10-7)11-8;1-2-6-9-8(4-1)5-3-7-10-9;/h1-4,8-9H,5H2;1-6H,7H2;. The summed E-state index contributed by atoms with van der Waals surface area (Å²) in [5.74, 6) is 1.98. The third-order valence-electron chi connectivity index (χ3n) is 3.72. The number of hydrogen-bond donors (Lipinski definition) is 0. The van der Waals surface area contributed by atoms with Crippen molar-refractivity contribution in [2.45, 2.75) is 18.8 Å². The van der Waals surface area contributed by atoms with Crippen molar-refractivity contribution in [3.05, 3.63) is 65.7 Å². The smallest absolute Gasteiger partial charge is 0.227 e. The van der Waals surface area contributed by atoms with Gasteiger partial charge in [0.25, 0.3) is 0 Å². The van der Waals surface area contributed by atoms with E-state index in [0.717, 1.165) is 17.9 Å². The van der Waals surface area contributed by atoms with Crippen LogP contribution in [0.3, 0.4) is 0 Å². The van der Waals surface area contributed by atoms with Crippen LogP contribution in [0.2, 0.25) is 0 Å². The Bertz CT molecular complexity index is 655. The van der Waals surface area contributed by atoms with Gasteiger partial charge in [-0.15, -0.1) is 0 Å². The Morgan fingerprint density at radius 2 is 1.68 bits per heavy atom. The molecule has 5 rings (SSSR count). The summed E-state index contributed by atoms with van der Waals surface area (Å²) in [7, 11) is 0. The number of rotatable bonds is 0. The fourth-order valence-electron chi connectivity index (χ4n) is 2.57. The van der Waals surface area contributed by atoms with Crippen molar-refractivity contribution < 1.29 is 31.0 Å². The minimum atomic E-state index is 0. The van der Waals surface area contributed by atoms with Crippen LogP contribution in [0.5, 0.6) is 11.5 Å². The number of hydrogen-bond acceptors (Lipinski definition) is 3. The molecule has 4 heteroatoms. The minimum Gasteiger partial charge on any atom is -0.489 e. The second-order valence-electron chi connectivity index (χ2n) is 5.22. The second kappa shape index (κ2) is 6.56. The SMILES string of the molecule is C1=Cc2ccccc2OC1.[Co].c1ccc2c(c1)CC1OC1O2. The Morgan fingerprint density at radius 1 is 0.909 bits per heavy atom. The Morgan fingerprint density at radius 3 is 2.55 bits per heavy atom. The predicted octanol–water partition coefficient (Wildman–Crippen LogP) is 3.44. The van der Waals surface area contributed by atoms with E-state index in [-0.39, 0.29) is 23.1 Å². The molecule has 0 aromatic heterocycles. The fourth-order valence-corrected chi connectivity index (χ4v) is 2.57. The fraction of sp³-hybridized carbons (Fsp3) is 0.222. The van der Waals surface area contributed by atoms with E-state index in [4.69, 9.17) is 14.2 Å². The van der Waals surface area contributed by atoms with Crippen LogP contribution >= 0.6 is 0 Å². The first-order chi connectivity index (χ1) is 10.4. The molecule has 3 heterocycles. The van der Waals surface area contributed by atoms with E-state index in [1.54, 1.807) is 0 Å². The largest absolute Gasteiger partial charge is 0.489 e. The van der Waals surface area contributed by atoms with Gasteiger partial charge in [0.2, 0.25) is 6.29 Å². The van der Waals surface area contributed by atoms with E-state index < -0.39 is 0 Å². The average Bonchev–Trinajstić information content (AvgIpc) is 3.31. The van der Waals surface area contributed by atoms with Crippen molar-refractivity contribution in [1.29, 1.82) is 0 Å². The summed E-state index contributed by atoms with van der Waals surface area (Å²) in [6.45, 7) is 0.705. The van der Waals surface area contributed by atoms with Crippen molar-refractivity contribution in [3.8, 4) is 11.5 Å². The van der Waals surface area contributed by atoms with Gasteiger partial charge in [0, 0.05) is 28.8 Å². The number of epoxide rings is 1. The summed E-state index contributed by atoms with van der Waals surface area (Å²) in [4.78, 5) is 0. The molecule has 3 aliphatic heterocycles. The molecule has 2 aromatic rings. The van der Waals surface area contributed by atoms with Gasteiger partial charge in [-0.25, -0.2) is 0 Å². The molecule has 22 heavy (non-hydrogen) atoms. The summed E-state index contributed by atoms with van der Waals surface area (Å²) >= 11 is 0. The van der Waals surface area contributed by atoms with Gasteiger partial charge in [-0.1, -0.05) is 42.5 Å². The molecule has 0 spiro atoms. The van der Waals surface area contributed by atoms with E-state index in [1.807, 2.05) is 48.5 Å². The molecule has 115 valence electrons. The van der Waals surface area contributed by atoms with Crippen LogP contribution in [-0.2, 0) is 27.9 Å². The molecule has 1 fully saturated rings. The summed E-state index contributed by atoms with van der Waals surface area (Å²) in [5, 5.41) is 0. The molecular weight excluding hydrogens is 323 g/mol. The number of benzene rings is 2. The molecule has 0 bridgehead atoms. The van der Waals surface area contributed by atoms with Crippen molar-refractivity contribution in [3.63, 3.8) is 0 Å². The first-order valence-corrected chi connectivity index (χ1v) is 7.18. The maximum atomic E-state index is 5.48. The Hall–Kier alpha value is -1.75. The van der Waals surface area contributed by atoms with E-state index in [1.165, 1.54) is 11.1 Å². The number of fused-ring (bicyclic) bond motifs is 3. The van der Waals surface area contributed by atoms with E-state index >= 15 is 0 Å². The van der Waals surface area contributed by atoms with Crippen LogP contribution in [0.15, 0.2) is 54.6 Å². The molecule has 0 N–H and O–H groups in total. The molecular formula is C18H16CoO3. The van der Waals surface area contributed by atoms with Gasteiger partial charge >= 0.3 is 0 Å². The third kappa shape index (κ3) is 3.19.